The molecule has 3 rings (SSSR count). The number of ether oxygens (including phenoxy) is 2. The molecule has 0 aliphatic carbocycles. The third kappa shape index (κ3) is 2.12. The molecule has 4 heteroatoms. The van der Waals surface area contributed by atoms with Crippen molar-refractivity contribution in [3.63, 3.8) is 0 Å². The largest absolute Gasteiger partial charge is 0.496 e. The number of hydrogen-bond acceptors (Lipinski definition) is 4. The van der Waals surface area contributed by atoms with Gasteiger partial charge in [-0.2, -0.15) is 0 Å². The van der Waals surface area contributed by atoms with E-state index in [1.807, 2.05) is 12.1 Å². The number of benzene rings is 1. The SMILES string of the molecule is COc1ccc(OC)c2c1CC1(CCNC1)CCN2C. The molecule has 1 saturated heterocycles. The van der Waals surface area contributed by atoms with E-state index in [0.29, 0.717) is 5.41 Å². The maximum Gasteiger partial charge on any atom is 0.142 e. The smallest absolute Gasteiger partial charge is 0.142 e. The zero-order chi connectivity index (χ0) is 14.2. The van der Waals surface area contributed by atoms with Gasteiger partial charge in [-0.15, -0.1) is 0 Å². The second-order valence-electron chi connectivity index (χ2n) is 6.07. The lowest BCUT2D eigenvalue weighted by molar-refractivity contribution is 0.298. The van der Waals surface area contributed by atoms with Crippen LogP contribution in [0.15, 0.2) is 12.1 Å². The second-order valence-corrected chi connectivity index (χ2v) is 6.07. The zero-order valence-corrected chi connectivity index (χ0v) is 12.7. The van der Waals surface area contributed by atoms with E-state index in [1.165, 1.54) is 24.1 Å². The molecule has 0 bridgehead atoms. The minimum Gasteiger partial charge on any atom is -0.496 e. The van der Waals surface area contributed by atoms with Crippen LogP contribution in [0, 0.1) is 5.41 Å². The summed E-state index contributed by atoms with van der Waals surface area (Å²) in [6, 6.07) is 4.05. The fourth-order valence-electron chi connectivity index (χ4n) is 3.68. The van der Waals surface area contributed by atoms with Gasteiger partial charge in [-0.3, -0.25) is 0 Å². The van der Waals surface area contributed by atoms with Crippen molar-refractivity contribution in [2.45, 2.75) is 19.3 Å². The molecule has 1 N–H and O–H groups in total. The summed E-state index contributed by atoms with van der Waals surface area (Å²) < 4.78 is 11.2. The van der Waals surface area contributed by atoms with Crippen LogP contribution in [0.5, 0.6) is 11.5 Å². The summed E-state index contributed by atoms with van der Waals surface area (Å²) in [4.78, 5) is 2.32. The van der Waals surface area contributed by atoms with E-state index in [9.17, 15) is 0 Å². The summed E-state index contributed by atoms with van der Waals surface area (Å²) in [5.41, 5.74) is 2.88. The van der Waals surface area contributed by atoms with Gasteiger partial charge in [-0.25, -0.2) is 0 Å². The highest BCUT2D eigenvalue weighted by molar-refractivity contribution is 5.68. The van der Waals surface area contributed by atoms with E-state index in [4.69, 9.17) is 9.47 Å². The van der Waals surface area contributed by atoms with Crippen molar-refractivity contribution in [2.75, 3.05) is 45.8 Å². The van der Waals surface area contributed by atoms with Crippen molar-refractivity contribution in [2.24, 2.45) is 5.41 Å². The topological polar surface area (TPSA) is 33.7 Å². The minimum absolute atomic E-state index is 0.374. The van der Waals surface area contributed by atoms with Gasteiger partial charge < -0.3 is 19.7 Å². The van der Waals surface area contributed by atoms with Gasteiger partial charge in [0.1, 0.15) is 11.5 Å². The molecule has 0 amide bonds. The highest BCUT2D eigenvalue weighted by atomic mass is 16.5. The van der Waals surface area contributed by atoms with Crippen LogP contribution >= 0.6 is 0 Å². The predicted molar refractivity (Wildman–Crippen MR) is 81.1 cm³/mol. The first-order valence-corrected chi connectivity index (χ1v) is 7.35. The summed E-state index contributed by atoms with van der Waals surface area (Å²) in [5, 5.41) is 3.53. The Balaban J connectivity index is 2.10. The van der Waals surface area contributed by atoms with Crippen molar-refractivity contribution in [1.82, 2.24) is 5.32 Å². The molecule has 2 aliphatic rings. The number of rotatable bonds is 2. The maximum absolute atomic E-state index is 5.62. The first kappa shape index (κ1) is 13.6. The van der Waals surface area contributed by atoms with Crippen LogP contribution in [0.4, 0.5) is 5.69 Å². The van der Waals surface area contributed by atoms with Gasteiger partial charge in [0.2, 0.25) is 0 Å². The molecule has 1 spiro atoms. The molecule has 0 aromatic heterocycles. The van der Waals surface area contributed by atoms with Crippen LogP contribution in [-0.2, 0) is 6.42 Å². The van der Waals surface area contributed by atoms with Crippen LogP contribution in [0.2, 0.25) is 0 Å². The highest BCUT2D eigenvalue weighted by Gasteiger charge is 2.38. The lowest BCUT2D eigenvalue weighted by Crippen LogP contribution is -2.28. The average molecular weight is 276 g/mol. The Kier molecular flexibility index (Phi) is 3.50. The molecule has 1 unspecified atom stereocenters. The van der Waals surface area contributed by atoms with E-state index < -0.39 is 0 Å². The summed E-state index contributed by atoms with van der Waals surface area (Å²) in [6.45, 7) is 3.31. The van der Waals surface area contributed by atoms with E-state index in [-0.39, 0.29) is 0 Å². The third-order valence-corrected chi connectivity index (χ3v) is 4.89. The van der Waals surface area contributed by atoms with Gasteiger partial charge in [0, 0.05) is 25.7 Å². The van der Waals surface area contributed by atoms with E-state index in [2.05, 4.69) is 17.3 Å². The highest BCUT2D eigenvalue weighted by Crippen LogP contribution is 2.46. The molecule has 1 aromatic carbocycles. The predicted octanol–water partition coefficient (Wildman–Crippen LogP) is 2.07. The fourth-order valence-corrected chi connectivity index (χ4v) is 3.68. The second kappa shape index (κ2) is 5.17. The number of fused-ring (bicyclic) bond motifs is 1. The number of hydrogen-bond donors (Lipinski definition) is 1. The van der Waals surface area contributed by atoms with E-state index >= 15 is 0 Å². The molecule has 20 heavy (non-hydrogen) atoms. The lowest BCUT2D eigenvalue weighted by Gasteiger charge is -2.26. The molecule has 2 heterocycles. The molecule has 4 nitrogen and oxygen atoms in total. The van der Waals surface area contributed by atoms with Crippen LogP contribution in [0.1, 0.15) is 18.4 Å². The Hall–Kier alpha value is -1.42. The summed E-state index contributed by atoms with van der Waals surface area (Å²) >= 11 is 0. The van der Waals surface area contributed by atoms with Crippen molar-refractivity contribution in [3.8, 4) is 11.5 Å². The number of anilines is 1. The lowest BCUT2D eigenvalue weighted by atomic mass is 9.78. The normalized spacial score (nSPS) is 25.4. The summed E-state index contributed by atoms with van der Waals surface area (Å²) in [5.74, 6) is 1.94. The van der Waals surface area contributed by atoms with Gasteiger partial charge in [0.05, 0.1) is 19.9 Å². The van der Waals surface area contributed by atoms with E-state index in [0.717, 1.165) is 37.6 Å². The molecule has 110 valence electrons. The first-order chi connectivity index (χ1) is 9.69. The minimum atomic E-state index is 0.374. The van der Waals surface area contributed by atoms with E-state index in [1.54, 1.807) is 14.2 Å². The molecule has 1 atom stereocenters. The van der Waals surface area contributed by atoms with Gasteiger partial charge in [0.25, 0.3) is 0 Å². The van der Waals surface area contributed by atoms with Crippen LogP contribution in [-0.4, -0.2) is 40.9 Å². The maximum atomic E-state index is 5.62. The zero-order valence-electron chi connectivity index (χ0n) is 12.7. The quantitative estimate of drug-likeness (QED) is 0.896. The van der Waals surface area contributed by atoms with Gasteiger partial charge in [0.15, 0.2) is 0 Å². The molecule has 0 radical (unpaired) electrons. The molecule has 1 aromatic rings. The monoisotopic (exact) mass is 276 g/mol. The number of nitrogens with one attached hydrogen (secondary N) is 1. The molecule has 0 saturated carbocycles. The third-order valence-electron chi connectivity index (χ3n) is 4.89. The van der Waals surface area contributed by atoms with Crippen LogP contribution in [0.25, 0.3) is 0 Å². The van der Waals surface area contributed by atoms with Gasteiger partial charge in [-0.05, 0) is 43.4 Å². The Morgan fingerprint density at radius 2 is 1.90 bits per heavy atom. The van der Waals surface area contributed by atoms with Crippen molar-refractivity contribution in [3.05, 3.63) is 17.7 Å². The van der Waals surface area contributed by atoms with Crippen LogP contribution < -0.4 is 19.7 Å². The average Bonchev–Trinajstić information content (AvgIpc) is 2.87. The number of methoxy groups -OCH3 is 2. The van der Waals surface area contributed by atoms with Crippen LogP contribution in [0.3, 0.4) is 0 Å². The molecular formula is C16H24N2O2. The van der Waals surface area contributed by atoms with Crippen molar-refractivity contribution in [1.29, 1.82) is 0 Å². The number of nitrogens with zero attached hydrogens (tertiary/aromatic N) is 1. The fraction of sp³-hybridized carbons (Fsp3) is 0.625. The summed E-state index contributed by atoms with van der Waals surface area (Å²) in [7, 11) is 5.66. The van der Waals surface area contributed by atoms with Gasteiger partial charge in [-0.1, -0.05) is 0 Å². The Labute approximate surface area is 121 Å². The first-order valence-electron chi connectivity index (χ1n) is 7.35. The summed E-state index contributed by atoms with van der Waals surface area (Å²) in [6.07, 6.45) is 3.54. The van der Waals surface area contributed by atoms with Crippen molar-refractivity contribution < 1.29 is 9.47 Å². The van der Waals surface area contributed by atoms with Gasteiger partial charge >= 0.3 is 0 Å². The van der Waals surface area contributed by atoms with Crippen molar-refractivity contribution >= 4 is 5.69 Å². The molecular weight excluding hydrogens is 252 g/mol. The molecule has 1 fully saturated rings. The molecule has 2 aliphatic heterocycles. The standard InChI is InChI=1S/C16H24N2O2/c1-18-9-7-16(6-8-17-11-16)10-12-13(19-2)4-5-14(20-3)15(12)18/h4-5,17H,6-11H2,1-3H3. The Morgan fingerprint density at radius 3 is 2.55 bits per heavy atom. The Bertz CT molecular complexity index is 495. The Morgan fingerprint density at radius 1 is 1.15 bits per heavy atom.